The molecule has 2 aliphatic heterocycles. The van der Waals surface area contributed by atoms with Crippen LogP contribution in [0.4, 0.5) is 11.4 Å². The summed E-state index contributed by atoms with van der Waals surface area (Å²) < 4.78 is 0. The van der Waals surface area contributed by atoms with Gasteiger partial charge in [0, 0.05) is 49.1 Å². The third-order valence-corrected chi connectivity index (χ3v) is 8.37. The molecule has 0 bridgehead atoms. The van der Waals surface area contributed by atoms with Crippen molar-refractivity contribution in [3.63, 3.8) is 0 Å². The Morgan fingerprint density at radius 2 is 1.51 bits per heavy atom. The Balaban J connectivity index is 1.24. The van der Waals surface area contributed by atoms with Gasteiger partial charge in [0.1, 0.15) is 6.33 Å². The first-order valence-electron chi connectivity index (χ1n) is 13.5. The van der Waals surface area contributed by atoms with Crippen LogP contribution < -0.4 is 4.90 Å². The standard InChI is InChI=1S/C30H38N6O/c1-22-10-11-27(20-31-22)36(25-8-6-5-7-9-25)26-12-16-35(17-13-26)30(4)14-18-34(19-15-30)29(37)28-23(2)32-21-33-24(28)3/h5-11,20-21,26H,12-19H2,1-4H3. The van der Waals surface area contributed by atoms with Crippen molar-refractivity contribution in [2.24, 2.45) is 0 Å². The number of aromatic nitrogens is 3. The average molecular weight is 499 g/mol. The molecule has 1 amide bonds. The van der Waals surface area contributed by atoms with Crippen LogP contribution >= 0.6 is 0 Å². The Kier molecular flexibility index (Phi) is 7.24. The summed E-state index contributed by atoms with van der Waals surface area (Å²) in [5.74, 6) is 0.0709. The molecule has 7 nitrogen and oxygen atoms in total. The highest BCUT2D eigenvalue weighted by Gasteiger charge is 2.40. The minimum Gasteiger partial charge on any atom is -0.338 e. The normalized spacial score (nSPS) is 18.5. The number of hydrogen-bond donors (Lipinski definition) is 0. The van der Waals surface area contributed by atoms with Gasteiger partial charge < -0.3 is 9.80 Å². The van der Waals surface area contributed by atoms with Gasteiger partial charge >= 0.3 is 0 Å². The summed E-state index contributed by atoms with van der Waals surface area (Å²) in [7, 11) is 0. The summed E-state index contributed by atoms with van der Waals surface area (Å²) in [6, 6.07) is 15.4. The van der Waals surface area contributed by atoms with E-state index in [0.29, 0.717) is 11.6 Å². The number of carbonyl (C=O) groups excluding carboxylic acids is 1. The van der Waals surface area contributed by atoms with E-state index in [9.17, 15) is 4.79 Å². The molecule has 0 aliphatic carbocycles. The van der Waals surface area contributed by atoms with Gasteiger partial charge in [-0.05, 0) is 77.6 Å². The Morgan fingerprint density at radius 1 is 0.865 bits per heavy atom. The van der Waals surface area contributed by atoms with E-state index in [1.807, 2.05) is 31.9 Å². The first-order chi connectivity index (χ1) is 17.9. The van der Waals surface area contributed by atoms with Crippen LogP contribution in [-0.2, 0) is 0 Å². The van der Waals surface area contributed by atoms with Crippen LogP contribution in [0.2, 0.25) is 0 Å². The van der Waals surface area contributed by atoms with Gasteiger partial charge in [-0.15, -0.1) is 0 Å². The number of carbonyl (C=O) groups is 1. The first kappa shape index (κ1) is 25.3. The van der Waals surface area contributed by atoms with E-state index in [-0.39, 0.29) is 11.4 Å². The second kappa shape index (κ2) is 10.6. The Morgan fingerprint density at radius 3 is 2.11 bits per heavy atom. The van der Waals surface area contributed by atoms with E-state index in [1.54, 1.807) is 0 Å². The summed E-state index contributed by atoms with van der Waals surface area (Å²) >= 11 is 0. The molecule has 0 unspecified atom stereocenters. The number of anilines is 2. The van der Waals surface area contributed by atoms with Gasteiger partial charge in [-0.25, -0.2) is 9.97 Å². The van der Waals surface area contributed by atoms with Crippen molar-refractivity contribution in [2.45, 2.75) is 65.0 Å². The number of piperidine rings is 2. The van der Waals surface area contributed by atoms with Crippen molar-refractivity contribution in [2.75, 3.05) is 31.1 Å². The fourth-order valence-corrected chi connectivity index (χ4v) is 5.99. The highest BCUT2D eigenvalue weighted by Crippen LogP contribution is 2.36. The van der Waals surface area contributed by atoms with E-state index in [0.717, 1.165) is 74.6 Å². The van der Waals surface area contributed by atoms with Crippen molar-refractivity contribution < 1.29 is 4.79 Å². The van der Waals surface area contributed by atoms with Crippen LogP contribution in [0.15, 0.2) is 55.0 Å². The van der Waals surface area contributed by atoms with Crippen molar-refractivity contribution in [3.8, 4) is 0 Å². The van der Waals surface area contributed by atoms with E-state index >= 15 is 0 Å². The zero-order valence-corrected chi connectivity index (χ0v) is 22.5. The van der Waals surface area contributed by atoms with Crippen molar-refractivity contribution in [3.05, 3.63) is 77.6 Å². The van der Waals surface area contributed by atoms with Gasteiger partial charge in [-0.3, -0.25) is 14.7 Å². The SMILES string of the molecule is Cc1ccc(N(c2ccccc2)C2CCN(C3(C)CCN(C(=O)c4c(C)ncnc4C)CC3)CC2)cn1. The average Bonchev–Trinajstić information content (AvgIpc) is 2.91. The van der Waals surface area contributed by atoms with Gasteiger partial charge in [0.05, 0.1) is 28.8 Å². The van der Waals surface area contributed by atoms with Crippen molar-refractivity contribution >= 4 is 17.3 Å². The molecule has 3 aromatic rings. The summed E-state index contributed by atoms with van der Waals surface area (Å²) in [5, 5.41) is 0. The van der Waals surface area contributed by atoms with E-state index in [4.69, 9.17) is 0 Å². The van der Waals surface area contributed by atoms with Crippen molar-refractivity contribution in [1.29, 1.82) is 0 Å². The molecule has 2 saturated heterocycles. The minimum atomic E-state index is 0.0709. The van der Waals surface area contributed by atoms with Gasteiger partial charge in [-0.2, -0.15) is 0 Å². The summed E-state index contributed by atoms with van der Waals surface area (Å²) in [6.45, 7) is 11.9. The lowest BCUT2D eigenvalue weighted by molar-refractivity contribution is 0.0176. The van der Waals surface area contributed by atoms with Crippen LogP contribution in [0.1, 0.15) is 60.0 Å². The number of aryl methyl sites for hydroxylation is 3. The zero-order chi connectivity index (χ0) is 26.0. The summed E-state index contributed by atoms with van der Waals surface area (Å²) in [4.78, 5) is 33.5. The largest absolute Gasteiger partial charge is 0.338 e. The lowest BCUT2D eigenvalue weighted by Gasteiger charge is -2.50. The molecule has 0 radical (unpaired) electrons. The Hall–Kier alpha value is -3.32. The van der Waals surface area contributed by atoms with Crippen LogP contribution in [-0.4, -0.2) is 68.4 Å². The third kappa shape index (κ3) is 5.23. The number of nitrogens with zero attached hydrogens (tertiary/aromatic N) is 6. The molecule has 0 saturated carbocycles. The quantitative estimate of drug-likeness (QED) is 0.488. The van der Waals surface area contributed by atoms with E-state index < -0.39 is 0 Å². The van der Waals surface area contributed by atoms with Crippen LogP contribution in [0, 0.1) is 20.8 Å². The minimum absolute atomic E-state index is 0.0709. The maximum Gasteiger partial charge on any atom is 0.257 e. The summed E-state index contributed by atoms with van der Waals surface area (Å²) in [6.07, 6.45) is 7.71. The molecule has 2 aliphatic rings. The highest BCUT2D eigenvalue weighted by molar-refractivity contribution is 5.96. The third-order valence-electron chi connectivity index (χ3n) is 8.37. The number of benzene rings is 1. The second-order valence-electron chi connectivity index (χ2n) is 10.8. The maximum absolute atomic E-state index is 13.3. The van der Waals surface area contributed by atoms with Gasteiger partial charge in [0.2, 0.25) is 0 Å². The maximum atomic E-state index is 13.3. The molecule has 37 heavy (non-hydrogen) atoms. The number of pyridine rings is 1. The lowest BCUT2D eigenvalue weighted by Crippen LogP contribution is -2.58. The molecule has 1 aromatic carbocycles. The number of likely N-dealkylation sites (tertiary alicyclic amines) is 2. The summed E-state index contributed by atoms with van der Waals surface area (Å²) in [5.41, 5.74) is 5.72. The van der Waals surface area contributed by atoms with Crippen molar-refractivity contribution in [1.82, 2.24) is 24.8 Å². The fraction of sp³-hybridized carbons (Fsp3) is 0.467. The number of para-hydroxylation sites is 1. The number of amides is 1. The van der Waals surface area contributed by atoms with Gasteiger partial charge in [0.15, 0.2) is 0 Å². The number of rotatable bonds is 5. The molecular weight excluding hydrogens is 460 g/mol. The van der Waals surface area contributed by atoms with E-state index in [1.165, 1.54) is 12.0 Å². The topological polar surface area (TPSA) is 65.5 Å². The van der Waals surface area contributed by atoms with Gasteiger partial charge in [0.25, 0.3) is 5.91 Å². The van der Waals surface area contributed by atoms with Crippen LogP contribution in [0.5, 0.6) is 0 Å². The molecule has 2 fully saturated rings. The van der Waals surface area contributed by atoms with Crippen LogP contribution in [0.25, 0.3) is 0 Å². The van der Waals surface area contributed by atoms with E-state index in [2.05, 4.69) is 74.1 Å². The van der Waals surface area contributed by atoms with Crippen LogP contribution in [0.3, 0.4) is 0 Å². The molecule has 7 heteroatoms. The monoisotopic (exact) mass is 498 g/mol. The molecular formula is C30H38N6O. The first-order valence-corrected chi connectivity index (χ1v) is 13.5. The number of hydrogen-bond acceptors (Lipinski definition) is 6. The molecule has 2 aromatic heterocycles. The Bertz CT molecular complexity index is 1190. The second-order valence-corrected chi connectivity index (χ2v) is 10.8. The van der Waals surface area contributed by atoms with Gasteiger partial charge in [-0.1, -0.05) is 18.2 Å². The zero-order valence-electron chi connectivity index (χ0n) is 22.5. The lowest BCUT2D eigenvalue weighted by atomic mass is 9.85. The smallest absolute Gasteiger partial charge is 0.257 e. The predicted octanol–water partition coefficient (Wildman–Crippen LogP) is 5.09. The fourth-order valence-electron chi connectivity index (χ4n) is 5.99. The molecule has 5 rings (SSSR count). The molecule has 0 spiro atoms. The molecule has 0 atom stereocenters. The Labute approximate surface area is 220 Å². The molecule has 0 N–H and O–H groups in total. The predicted molar refractivity (Wildman–Crippen MR) is 147 cm³/mol. The molecule has 194 valence electrons. The highest BCUT2D eigenvalue weighted by atomic mass is 16.2. The molecule has 4 heterocycles.